The van der Waals surface area contributed by atoms with Gasteiger partial charge in [-0.15, -0.1) is 0 Å². The number of furan rings is 4. The molecule has 19 aromatic rings. The molecule has 83 heavy (non-hydrogen) atoms. The molecular weight excluding hydrogens is 1020 g/mol. The Morgan fingerprint density at radius 3 is 1.13 bits per heavy atom. The van der Waals surface area contributed by atoms with Crippen molar-refractivity contribution in [2.24, 2.45) is 0 Å². The maximum absolute atomic E-state index is 12.7. The third-order valence-corrected chi connectivity index (χ3v) is 17.5. The highest BCUT2D eigenvalue weighted by atomic mass is 16.3. The third-order valence-electron chi connectivity index (χ3n) is 17.5. The van der Waals surface area contributed by atoms with Crippen molar-refractivity contribution in [3.63, 3.8) is 0 Å². The van der Waals surface area contributed by atoms with Crippen molar-refractivity contribution in [2.75, 3.05) is 0 Å². The van der Waals surface area contributed by atoms with Gasteiger partial charge in [0.25, 0.3) is 0 Å². The standard InChI is InChI=1S/C74H37N5O4/c1-76-70-71(77-50-26-9-2-18-42(50)64-53(77)33-36-60-67(64)45-21-6-13-30-57(45)80-60)49(39-75)63(48-25-16-24-41-40-17-5-12-29-56(40)83-74(41)48)72(78-51-27-10-3-19-43(51)65-54(78)34-37-61-68(65)46-22-7-14-31-58(46)81-61)73(70)79-52-28-11-4-20-44(52)66-55(79)35-38-62-69(66)47-23-8-15-32-59(47)82-62/h2-38H. The summed E-state index contributed by atoms with van der Waals surface area (Å²) in [6.45, 7) is 9.99. The summed E-state index contributed by atoms with van der Waals surface area (Å²) >= 11 is 0. The lowest BCUT2D eigenvalue weighted by Gasteiger charge is -2.26. The van der Waals surface area contributed by atoms with Crippen molar-refractivity contribution in [1.82, 2.24) is 13.7 Å². The van der Waals surface area contributed by atoms with Crippen LogP contribution in [0.15, 0.2) is 242 Å². The summed E-state index contributed by atoms with van der Waals surface area (Å²) < 4.78 is 33.8. The van der Waals surface area contributed by atoms with Gasteiger partial charge >= 0.3 is 0 Å². The predicted octanol–water partition coefficient (Wildman–Crippen LogP) is 20.7. The molecule has 0 saturated carbocycles. The Kier molecular flexibility index (Phi) is 8.48. The average molecular weight is 1060 g/mol. The minimum absolute atomic E-state index is 0.275. The fourth-order valence-electron chi connectivity index (χ4n) is 14.3. The lowest BCUT2D eigenvalue weighted by Crippen LogP contribution is -2.11. The first-order valence-corrected chi connectivity index (χ1v) is 27.6. The molecule has 9 nitrogen and oxygen atoms in total. The molecule has 0 radical (unpaired) electrons. The van der Waals surface area contributed by atoms with Crippen LogP contribution in [0.4, 0.5) is 5.69 Å². The van der Waals surface area contributed by atoms with Crippen LogP contribution in [-0.4, -0.2) is 13.7 Å². The van der Waals surface area contributed by atoms with Gasteiger partial charge in [0.05, 0.1) is 62.3 Å². The number of hydrogen-bond acceptors (Lipinski definition) is 5. The number of benzene rings is 12. The molecule has 19 rings (SSSR count). The molecule has 0 bridgehead atoms. The maximum Gasteiger partial charge on any atom is 0.237 e. The van der Waals surface area contributed by atoms with Crippen LogP contribution in [0.5, 0.6) is 0 Å². The van der Waals surface area contributed by atoms with E-state index >= 15 is 0 Å². The summed E-state index contributed by atoms with van der Waals surface area (Å²) in [5, 5.41) is 26.3. The molecule has 382 valence electrons. The third kappa shape index (κ3) is 5.57. The number of aromatic nitrogens is 3. The Balaban J connectivity index is 1.11. The first kappa shape index (κ1) is 44.1. The highest BCUT2D eigenvalue weighted by Gasteiger charge is 2.35. The molecule has 0 spiro atoms. The zero-order valence-corrected chi connectivity index (χ0v) is 43.7. The molecule has 0 N–H and O–H groups in total. The summed E-state index contributed by atoms with van der Waals surface area (Å²) in [4.78, 5) is 4.84. The molecule has 0 aliphatic rings. The summed E-state index contributed by atoms with van der Waals surface area (Å²) in [6.07, 6.45) is 0. The zero-order valence-electron chi connectivity index (χ0n) is 43.7. The van der Waals surface area contributed by atoms with Crippen molar-refractivity contribution in [3.05, 3.63) is 241 Å². The van der Waals surface area contributed by atoms with Crippen LogP contribution < -0.4 is 0 Å². The van der Waals surface area contributed by atoms with E-state index in [4.69, 9.17) is 22.5 Å². The number of para-hydroxylation sites is 8. The van der Waals surface area contributed by atoms with Crippen LogP contribution in [0, 0.1) is 17.9 Å². The molecule has 9 heteroatoms. The molecule has 0 aliphatic carbocycles. The normalized spacial score (nSPS) is 12.3. The van der Waals surface area contributed by atoms with E-state index < -0.39 is 0 Å². The van der Waals surface area contributed by atoms with E-state index in [1.54, 1.807) is 0 Å². The molecule has 7 aromatic heterocycles. The van der Waals surface area contributed by atoms with Crippen LogP contribution in [0.25, 0.3) is 186 Å². The molecule has 0 fully saturated rings. The van der Waals surface area contributed by atoms with Crippen LogP contribution in [0.1, 0.15) is 5.56 Å². The highest BCUT2D eigenvalue weighted by molar-refractivity contribution is 6.31. The van der Waals surface area contributed by atoms with E-state index in [1.807, 2.05) is 72.8 Å². The monoisotopic (exact) mass is 1060 g/mol. The molecule has 7 heterocycles. The van der Waals surface area contributed by atoms with Gasteiger partial charge in [-0.2, -0.15) is 5.26 Å². The molecule has 0 amide bonds. The number of hydrogen-bond donors (Lipinski definition) is 0. The van der Waals surface area contributed by atoms with Gasteiger partial charge in [0, 0.05) is 86.5 Å². The second-order valence-corrected chi connectivity index (χ2v) is 21.5. The molecule has 0 aliphatic heterocycles. The van der Waals surface area contributed by atoms with Gasteiger partial charge in [0.2, 0.25) is 5.69 Å². The van der Waals surface area contributed by atoms with Gasteiger partial charge in [-0.3, -0.25) is 0 Å². The number of rotatable bonds is 4. The summed E-state index contributed by atoms with van der Waals surface area (Å²) in [6, 6.07) is 79.4. The van der Waals surface area contributed by atoms with Crippen molar-refractivity contribution in [2.45, 2.75) is 0 Å². The number of nitriles is 1. The Morgan fingerprint density at radius 1 is 0.313 bits per heavy atom. The summed E-state index contributed by atoms with van der Waals surface area (Å²) in [5.74, 6) is 0. The van der Waals surface area contributed by atoms with Gasteiger partial charge < -0.3 is 31.4 Å². The van der Waals surface area contributed by atoms with Gasteiger partial charge in [-0.1, -0.05) is 146 Å². The van der Waals surface area contributed by atoms with Crippen LogP contribution in [0.3, 0.4) is 0 Å². The fraction of sp³-hybridized carbons (Fsp3) is 0. The van der Waals surface area contributed by atoms with Crippen molar-refractivity contribution < 1.29 is 17.7 Å². The van der Waals surface area contributed by atoms with Gasteiger partial charge in [0.1, 0.15) is 50.7 Å². The van der Waals surface area contributed by atoms with Crippen molar-refractivity contribution in [3.8, 4) is 34.3 Å². The second-order valence-electron chi connectivity index (χ2n) is 21.5. The van der Waals surface area contributed by atoms with E-state index in [0.29, 0.717) is 39.3 Å². The average Bonchev–Trinajstić information content (AvgIpc) is 2.35. The first-order valence-electron chi connectivity index (χ1n) is 27.6. The number of nitrogens with zero attached hydrogens (tertiary/aromatic N) is 5. The van der Waals surface area contributed by atoms with E-state index in [0.717, 1.165) is 148 Å². The van der Waals surface area contributed by atoms with Crippen molar-refractivity contribution in [1.29, 1.82) is 5.26 Å². The zero-order chi connectivity index (χ0) is 54.3. The van der Waals surface area contributed by atoms with E-state index in [-0.39, 0.29) is 5.69 Å². The lowest BCUT2D eigenvalue weighted by atomic mass is 9.91. The van der Waals surface area contributed by atoms with Crippen LogP contribution >= 0.6 is 0 Å². The molecule has 12 aromatic carbocycles. The summed E-state index contributed by atoms with van der Waals surface area (Å²) in [7, 11) is 0. The largest absolute Gasteiger partial charge is 0.456 e. The topological polar surface area (TPSA) is 95.5 Å². The molecule has 0 atom stereocenters. The molecule has 0 saturated heterocycles. The van der Waals surface area contributed by atoms with Crippen LogP contribution in [-0.2, 0) is 0 Å². The Bertz CT molecular complexity index is 6230. The van der Waals surface area contributed by atoms with E-state index in [9.17, 15) is 11.8 Å². The quantitative estimate of drug-likeness (QED) is 0.164. The first-order chi connectivity index (χ1) is 41.1. The number of fused-ring (bicyclic) bond motifs is 24. The fourth-order valence-corrected chi connectivity index (χ4v) is 14.3. The second kappa shape index (κ2) is 16.0. The van der Waals surface area contributed by atoms with Gasteiger partial charge in [-0.05, 0) is 78.9 Å². The molecule has 0 unspecified atom stereocenters. The Labute approximate surface area is 468 Å². The Hall–Kier alpha value is -11.8. The molecular formula is C74H37N5O4. The maximum atomic E-state index is 12.7. The van der Waals surface area contributed by atoms with Crippen LogP contribution in [0.2, 0.25) is 0 Å². The lowest BCUT2D eigenvalue weighted by molar-refractivity contribution is 0.669. The van der Waals surface area contributed by atoms with Gasteiger partial charge in [-0.25, -0.2) is 4.85 Å². The van der Waals surface area contributed by atoms with E-state index in [1.165, 1.54) is 0 Å². The summed E-state index contributed by atoms with van der Waals surface area (Å²) in [5.41, 5.74) is 14.6. The predicted molar refractivity (Wildman–Crippen MR) is 335 cm³/mol. The van der Waals surface area contributed by atoms with Crippen molar-refractivity contribution >= 4 is 159 Å². The minimum atomic E-state index is 0.275. The minimum Gasteiger partial charge on any atom is -0.456 e. The highest BCUT2D eigenvalue weighted by Crippen LogP contribution is 2.55. The SMILES string of the molecule is [C-]#[N+]c1c(-n2c3ccccc3c3c4c(ccc32)oc2ccccc24)c(C#N)c(-c2cccc3c2oc2ccccc23)c(-n2c3ccccc3c3c4c(ccc32)oc2ccccc24)c1-n1c2ccccc2c2c3c(ccc21)oc1ccccc13. The smallest absolute Gasteiger partial charge is 0.237 e. The van der Waals surface area contributed by atoms with Gasteiger partial charge in [0.15, 0.2) is 0 Å². The Morgan fingerprint density at radius 2 is 0.687 bits per heavy atom. The van der Waals surface area contributed by atoms with E-state index in [2.05, 4.69) is 171 Å².